The van der Waals surface area contributed by atoms with Gasteiger partial charge in [0.15, 0.2) is 11.5 Å². The topological polar surface area (TPSA) is 62.5 Å². The van der Waals surface area contributed by atoms with Crippen LogP contribution < -0.4 is 20.7 Å². The molecule has 30 heavy (non-hydrogen) atoms. The fourth-order valence-electron chi connectivity index (χ4n) is 3.44. The summed E-state index contributed by atoms with van der Waals surface area (Å²) in [4.78, 5) is 26.7. The Hall–Kier alpha value is -3.51. The molecular weight excluding hydrogens is 404 g/mol. The number of aromatic nitrogens is 2. The van der Waals surface area contributed by atoms with Gasteiger partial charge in [0, 0.05) is 11.1 Å². The third-order valence-electron chi connectivity index (χ3n) is 4.93. The Morgan fingerprint density at radius 3 is 2.27 bits per heavy atom. The standard InChI is InChI=1S/C23H19ClN2O4/c1-29-20-12-11-17(13-21(20)30-2)26-22(27)18-5-3-4-6-19(18)25(23(26)28)14-15-7-9-16(24)10-8-15/h3-13H,14H2,1-2H3. The highest BCUT2D eigenvalue weighted by Crippen LogP contribution is 2.28. The van der Waals surface area contributed by atoms with Crippen LogP contribution in [0.4, 0.5) is 0 Å². The van der Waals surface area contributed by atoms with E-state index >= 15 is 0 Å². The van der Waals surface area contributed by atoms with Crippen molar-refractivity contribution >= 4 is 22.5 Å². The number of nitrogens with zero attached hydrogens (tertiary/aromatic N) is 2. The van der Waals surface area contributed by atoms with Gasteiger partial charge in [-0.1, -0.05) is 35.9 Å². The summed E-state index contributed by atoms with van der Waals surface area (Å²) < 4.78 is 13.3. The molecule has 0 aliphatic carbocycles. The second kappa shape index (κ2) is 8.08. The average Bonchev–Trinajstić information content (AvgIpc) is 2.78. The van der Waals surface area contributed by atoms with Crippen LogP contribution in [-0.4, -0.2) is 23.4 Å². The van der Waals surface area contributed by atoms with Crippen molar-refractivity contribution in [3.05, 3.63) is 98.2 Å². The van der Waals surface area contributed by atoms with Crippen molar-refractivity contribution in [2.45, 2.75) is 6.54 Å². The Balaban J connectivity index is 1.98. The molecule has 0 atom stereocenters. The second-order valence-corrected chi connectivity index (χ2v) is 7.13. The molecule has 0 radical (unpaired) electrons. The summed E-state index contributed by atoms with van der Waals surface area (Å²) >= 11 is 5.98. The van der Waals surface area contributed by atoms with Crippen molar-refractivity contribution in [1.82, 2.24) is 9.13 Å². The molecule has 4 aromatic rings. The molecule has 0 N–H and O–H groups in total. The maximum atomic E-state index is 13.5. The molecular formula is C23H19ClN2O4. The first kappa shape index (κ1) is 19.8. The van der Waals surface area contributed by atoms with Crippen LogP contribution in [0, 0.1) is 0 Å². The van der Waals surface area contributed by atoms with E-state index in [4.69, 9.17) is 21.1 Å². The molecule has 0 unspecified atom stereocenters. The molecule has 4 rings (SSSR count). The lowest BCUT2D eigenvalue weighted by atomic mass is 10.2. The van der Waals surface area contributed by atoms with Gasteiger partial charge in [0.05, 0.1) is 37.4 Å². The number of halogens is 1. The minimum absolute atomic E-state index is 0.296. The summed E-state index contributed by atoms with van der Waals surface area (Å²) in [5, 5.41) is 1.06. The van der Waals surface area contributed by atoms with Crippen molar-refractivity contribution < 1.29 is 9.47 Å². The summed E-state index contributed by atoms with van der Waals surface area (Å²) in [6.45, 7) is 0.296. The fourth-order valence-corrected chi connectivity index (χ4v) is 3.56. The zero-order chi connectivity index (χ0) is 21.3. The van der Waals surface area contributed by atoms with E-state index in [1.54, 1.807) is 59.2 Å². The average molecular weight is 423 g/mol. The van der Waals surface area contributed by atoms with Gasteiger partial charge in [-0.05, 0) is 42.0 Å². The molecule has 0 aliphatic rings. The van der Waals surface area contributed by atoms with Gasteiger partial charge >= 0.3 is 5.69 Å². The van der Waals surface area contributed by atoms with Crippen LogP contribution in [0.5, 0.6) is 11.5 Å². The molecule has 0 fully saturated rings. The molecule has 0 saturated heterocycles. The number of benzene rings is 3. The van der Waals surface area contributed by atoms with Gasteiger partial charge in [-0.3, -0.25) is 9.36 Å². The molecule has 0 amide bonds. The highest BCUT2D eigenvalue weighted by molar-refractivity contribution is 6.30. The van der Waals surface area contributed by atoms with Crippen LogP contribution in [0.3, 0.4) is 0 Å². The van der Waals surface area contributed by atoms with Crippen LogP contribution in [0.15, 0.2) is 76.3 Å². The van der Waals surface area contributed by atoms with E-state index < -0.39 is 11.2 Å². The number of rotatable bonds is 5. The first-order valence-corrected chi connectivity index (χ1v) is 9.62. The van der Waals surface area contributed by atoms with Gasteiger partial charge in [0.2, 0.25) is 0 Å². The Morgan fingerprint density at radius 1 is 0.867 bits per heavy atom. The maximum Gasteiger partial charge on any atom is 0.336 e. The monoisotopic (exact) mass is 422 g/mol. The Kier molecular flexibility index (Phi) is 5.33. The van der Waals surface area contributed by atoms with Crippen molar-refractivity contribution in [2.24, 2.45) is 0 Å². The highest BCUT2D eigenvalue weighted by atomic mass is 35.5. The van der Waals surface area contributed by atoms with Crippen molar-refractivity contribution in [3.63, 3.8) is 0 Å². The van der Waals surface area contributed by atoms with E-state index in [0.29, 0.717) is 39.7 Å². The van der Waals surface area contributed by atoms with E-state index in [0.717, 1.165) is 10.1 Å². The van der Waals surface area contributed by atoms with E-state index in [1.165, 1.54) is 14.2 Å². The van der Waals surface area contributed by atoms with Crippen molar-refractivity contribution in [3.8, 4) is 17.2 Å². The molecule has 152 valence electrons. The minimum Gasteiger partial charge on any atom is -0.493 e. The van der Waals surface area contributed by atoms with Gasteiger partial charge in [0.25, 0.3) is 5.56 Å². The molecule has 1 heterocycles. The van der Waals surface area contributed by atoms with Gasteiger partial charge in [-0.15, -0.1) is 0 Å². The Labute approximate surface area is 177 Å². The summed E-state index contributed by atoms with van der Waals surface area (Å²) in [7, 11) is 3.03. The number of fused-ring (bicyclic) bond motifs is 1. The molecule has 6 nitrogen and oxygen atoms in total. The van der Waals surface area contributed by atoms with E-state index in [9.17, 15) is 9.59 Å². The Morgan fingerprint density at radius 2 is 1.57 bits per heavy atom. The first-order chi connectivity index (χ1) is 14.5. The minimum atomic E-state index is -0.444. The third-order valence-corrected chi connectivity index (χ3v) is 5.18. The van der Waals surface area contributed by atoms with Gasteiger partial charge < -0.3 is 9.47 Å². The van der Waals surface area contributed by atoms with E-state index in [2.05, 4.69) is 0 Å². The predicted octanol–water partition coefficient (Wildman–Crippen LogP) is 3.87. The number of hydrogen-bond donors (Lipinski definition) is 0. The molecule has 3 aromatic carbocycles. The van der Waals surface area contributed by atoms with Gasteiger partial charge in [0.1, 0.15) is 0 Å². The van der Waals surface area contributed by atoms with Gasteiger partial charge in [-0.25, -0.2) is 9.36 Å². The summed E-state index contributed by atoms with van der Waals surface area (Å²) in [5.74, 6) is 0.940. The fraction of sp³-hybridized carbons (Fsp3) is 0.130. The van der Waals surface area contributed by atoms with Crippen LogP contribution in [0.1, 0.15) is 5.56 Å². The molecule has 0 aliphatic heterocycles. The zero-order valence-electron chi connectivity index (χ0n) is 16.5. The smallest absolute Gasteiger partial charge is 0.336 e. The number of hydrogen-bond acceptors (Lipinski definition) is 4. The third kappa shape index (κ3) is 3.46. The largest absolute Gasteiger partial charge is 0.493 e. The first-order valence-electron chi connectivity index (χ1n) is 9.25. The van der Waals surface area contributed by atoms with Crippen LogP contribution in [-0.2, 0) is 6.54 Å². The van der Waals surface area contributed by atoms with Gasteiger partial charge in [-0.2, -0.15) is 0 Å². The van der Waals surface area contributed by atoms with Crippen LogP contribution in [0.2, 0.25) is 5.02 Å². The zero-order valence-corrected chi connectivity index (χ0v) is 17.2. The van der Waals surface area contributed by atoms with E-state index in [-0.39, 0.29) is 0 Å². The highest BCUT2D eigenvalue weighted by Gasteiger charge is 2.16. The lowest BCUT2D eigenvalue weighted by molar-refractivity contribution is 0.355. The number of methoxy groups -OCH3 is 2. The quantitative estimate of drug-likeness (QED) is 0.490. The molecule has 1 aromatic heterocycles. The maximum absolute atomic E-state index is 13.5. The van der Waals surface area contributed by atoms with Crippen molar-refractivity contribution in [2.75, 3.05) is 14.2 Å². The summed E-state index contributed by atoms with van der Waals surface area (Å²) in [6, 6.07) is 19.3. The molecule has 7 heteroatoms. The lowest BCUT2D eigenvalue weighted by Gasteiger charge is -2.15. The summed E-state index contributed by atoms with van der Waals surface area (Å²) in [6.07, 6.45) is 0. The van der Waals surface area contributed by atoms with Crippen molar-refractivity contribution in [1.29, 1.82) is 0 Å². The lowest BCUT2D eigenvalue weighted by Crippen LogP contribution is -2.39. The normalized spacial score (nSPS) is 10.9. The number of ether oxygens (including phenoxy) is 2. The molecule has 0 bridgehead atoms. The molecule has 0 spiro atoms. The van der Waals surface area contributed by atoms with E-state index in [1.807, 2.05) is 12.1 Å². The second-order valence-electron chi connectivity index (χ2n) is 6.69. The van der Waals surface area contributed by atoms with Crippen LogP contribution in [0.25, 0.3) is 16.6 Å². The summed E-state index contributed by atoms with van der Waals surface area (Å²) in [5.41, 5.74) is 1.03. The number of para-hydroxylation sites is 1. The SMILES string of the molecule is COc1ccc(-n2c(=O)c3ccccc3n(Cc3ccc(Cl)cc3)c2=O)cc1OC. The molecule has 0 saturated carbocycles. The predicted molar refractivity (Wildman–Crippen MR) is 117 cm³/mol. The Bertz CT molecular complexity index is 1340. The van der Waals surface area contributed by atoms with Crippen LogP contribution >= 0.6 is 11.6 Å².